The molecule has 5 heteroatoms. The second-order valence-corrected chi connectivity index (χ2v) is 10.0. The molecule has 0 bridgehead atoms. The van der Waals surface area contributed by atoms with Gasteiger partial charge in [-0.05, 0) is 29.2 Å². The molecule has 0 aliphatic carbocycles. The fraction of sp³-hybridized carbons (Fsp3) is 0.192. The molecule has 1 atom stereocenters. The Morgan fingerprint density at radius 2 is 1.45 bits per heavy atom. The van der Waals surface area contributed by atoms with Gasteiger partial charge in [0.1, 0.15) is 0 Å². The highest BCUT2D eigenvalue weighted by atomic mass is 32.2. The van der Waals surface area contributed by atoms with Crippen LogP contribution in [0, 0.1) is 0 Å². The lowest BCUT2D eigenvalue weighted by atomic mass is 10.00. The normalized spacial score (nSPS) is 17.9. The van der Waals surface area contributed by atoms with Gasteiger partial charge in [0.25, 0.3) is 5.91 Å². The van der Waals surface area contributed by atoms with Gasteiger partial charge in [-0.15, -0.1) is 0 Å². The van der Waals surface area contributed by atoms with Gasteiger partial charge in [0, 0.05) is 18.2 Å². The molecule has 3 aromatic rings. The number of carbonyl (C=O) groups is 1. The number of amides is 1. The van der Waals surface area contributed by atoms with Crippen LogP contribution in [0.5, 0.6) is 0 Å². The minimum absolute atomic E-state index is 0.0129. The lowest BCUT2D eigenvalue weighted by Gasteiger charge is -2.29. The first kappa shape index (κ1) is 21.1. The third-order valence-corrected chi connectivity index (χ3v) is 7.28. The molecule has 0 spiro atoms. The summed E-state index contributed by atoms with van der Waals surface area (Å²) in [5, 5.41) is 0. The van der Waals surface area contributed by atoms with E-state index in [0.717, 1.165) is 16.7 Å². The fourth-order valence-electron chi connectivity index (χ4n) is 3.92. The first-order valence-corrected chi connectivity index (χ1v) is 12.2. The Bertz CT molecular complexity index is 1160. The SMILES string of the molecule is O=C(/C(=C/c1ccccc1)c1ccccc1)N(Cc1ccccc1)C1CCS(=O)(=O)C1. The molecule has 0 saturated carbocycles. The van der Waals surface area contributed by atoms with Gasteiger partial charge >= 0.3 is 0 Å². The van der Waals surface area contributed by atoms with Crippen LogP contribution in [0.1, 0.15) is 23.1 Å². The summed E-state index contributed by atoms with van der Waals surface area (Å²) in [6, 6.07) is 28.7. The van der Waals surface area contributed by atoms with Gasteiger partial charge < -0.3 is 4.90 Å². The molecule has 3 aromatic carbocycles. The number of rotatable bonds is 6. The number of hydrogen-bond acceptors (Lipinski definition) is 3. The van der Waals surface area contributed by atoms with Gasteiger partial charge in [-0.1, -0.05) is 91.0 Å². The van der Waals surface area contributed by atoms with E-state index in [1.54, 1.807) is 4.90 Å². The smallest absolute Gasteiger partial charge is 0.255 e. The topological polar surface area (TPSA) is 54.5 Å². The summed E-state index contributed by atoms with van der Waals surface area (Å²) in [6.07, 6.45) is 2.35. The van der Waals surface area contributed by atoms with Crippen LogP contribution in [0.4, 0.5) is 0 Å². The Hall–Kier alpha value is -3.18. The zero-order valence-corrected chi connectivity index (χ0v) is 18.0. The van der Waals surface area contributed by atoms with Crippen molar-refractivity contribution < 1.29 is 13.2 Å². The number of carbonyl (C=O) groups excluding carboxylic acids is 1. The molecule has 1 saturated heterocycles. The van der Waals surface area contributed by atoms with E-state index in [2.05, 4.69) is 0 Å². The summed E-state index contributed by atoms with van der Waals surface area (Å²) < 4.78 is 24.4. The summed E-state index contributed by atoms with van der Waals surface area (Å²) in [7, 11) is -3.13. The van der Waals surface area contributed by atoms with E-state index >= 15 is 0 Å². The van der Waals surface area contributed by atoms with Gasteiger partial charge in [0.05, 0.1) is 11.5 Å². The number of sulfone groups is 1. The van der Waals surface area contributed by atoms with Gasteiger partial charge in [0.15, 0.2) is 9.84 Å². The standard InChI is InChI=1S/C26H25NO3S/c28-26(25(23-14-8-3-9-15-23)18-21-10-4-1-5-11-21)27(19-22-12-6-2-7-13-22)24-16-17-31(29,30)20-24/h1-15,18,24H,16-17,19-20H2/b25-18+. The molecule has 31 heavy (non-hydrogen) atoms. The molecule has 1 heterocycles. The Balaban J connectivity index is 1.75. The number of hydrogen-bond donors (Lipinski definition) is 0. The molecule has 1 fully saturated rings. The van der Waals surface area contributed by atoms with Gasteiger partial charge in [-0.3, -0.25) is 4.79 Å². The monoisotopic (exact) mass is 431 g/mol. The van der Waals surface area contributed by atoms with Crippen molar-refractivity contribution in [3.05, 3.63) is 108 Å². The van der Waals surface area contributed by atoms with E-state index in [-0.39, 0.29) is 23.5 Å². The lowest BCUT2D eigenvalue weighted by molar-refractivity contribution is -0.127. The maximum Gasteiger partial charge on any atom is 0.255 e. The Morgan fingerprint density at radius 1 is 0.871 bits per heavy atom. The fourth-order valence-corrected chi connectivity index (χ4v) is 5.66. The molecular weight excluding hydrogens is 406 g/mol. The molecule has 0 radical (unpaired) electrons. The van der Waals surface area contributed by atoms with Crippen molar-refractivity contribution in [1.29, 1.82) is 0 Å². The maximum atomic E-state index is 13.9. The van der Waals surface area contributed by atoms with E-state index in [0.29, 0.717) is 18.5 Å². The van der Waals surface area contributed by atoms with Crippen LogP contribution in [0.15, 0.2) is 91.0 Å². The first-order chi connectivity index (χ1) is 15.0. The third-order valence-electron chi connectivity index (χ3n) is 5.53. The molecule has 1 unspecified atom stereocenters. The number of nitrogens with zero attached hydrogens (tertiary/aromatic N) is 1. The van der Waals surface area contributed by atoms with Crippen LogP contribution in [0.2, 0.25) is 0 Å². The predicted molar refractivity (Wildman–Crippen MR) is 125 cm³/mol. The quantitative estimate of drug-likeness (QED) is 0.428. The molecule has 4 rings (SSSR count). The minimum Gasteiger partial charge on any atom is -0.330 e. The summed E-state index contributed by atoms with van der Waals surface area (Å²) in [5.74, 6) is -0.0147. The van der Waals surface area contributed by atoms with Crippen molar-refractivity contribution in [2.45, 2.75) is 19.0 Å². The van der Waals surface area contributed by atoms with Crippen LogP contribution in [-0.4, -0.2) is 36.8 Å². The highest BCUT2D eigenvalue weighted by molar-refractivity contribution is 7.91. The average Bonchev–Trinajstić information content (AvgIpc) is 3.16. The molecule has 4 nitrogen and oxygen atoms in total. The summed E-state index contributed by atoms with van der Waals surface area (Å²) in [6.45, 7) is 0.374. The second kappa shape index (κ2) is 9.31. The van der Waals surface area contributed by atoms with Crippen LogP contribution in [0.3, 0.4) is 0 Å². The Morgan fingerprint density at radius 3 is 2.03 bits per heavy atom. The zero-order chi connectivity index (χ0) is 21.7. The van der Waals surface area contributed by atoms with Gasteiger partial charge in [-0.25, -0.2) is 8.42 Å². The Labute approximate surface area is 183 Å². The molecule has 1 aliphatic rings. The van der Waals surface area contributed by atoms with E-state index in [4.69, 9.17) is 0 Å². The molecular formula is C26H25NO3S. The van der Waals surface area contributed by atoms with Crippen molar-refractivity contribution in [3.8, 4) is 0 Å². The summed E-state index contributed by atoms with van der Waals surface area (Å²) in [4.78, 5) is 15.7. The second-order valence-electron chi connectivity index (χ2n) is 7.81. The first-order valence-electron chi connectivity index (χ1n) is 10.4. The van der Waals surface area contributed by atoms with Gasteiger partial charge in [-0.2, -0.15) is 0 Å². The van der Waals surface area contributed by atoms with Gasteiger partial charge in [0.2, 0.25) is 0 Å². The summed E-state index contributed by atoms with van der Waals surface area (Å²) >= 11 is 0. The van der Waals surface area contributed by atoms with Crippen LogP contribution >= 0.6 is 0 Å². The maximum absolute atomic E-state index is 13.9. The molecule has 1 aliphatic heterocycles. The molecule has 0 N–H and O–H groups in total. The van der Waals surface area contributed by atoms with E-state index < -0.39 is 9.84 Å². The largest absolute Gasteiger partial charge is 0.330 e. The zero-order valence-electron chi connectivity index (χ0n) is 17.2. The van der Waals surface area contributed by atoms with Crippen molar-refractivity contribution in [2.75, 3.05) is 11.5 Å². The average molecular weight is 432 g/mol. The number of benzene rings is 3. The summed E-state index contributed by atoms with van der Waals surface area (Å²) in [5.41, 5.74) is 3.28. The van der Waals surface area contributed by atoms with Crippen LogP contribution in [-0.2, 0) is 21.2 Å². The predicted octanol–water partition coefficient (Wildman–Crippen LogP) is 4.44. The van der Waals surface area contributed by atoms with E-state index in [1.807, 2.05) is 97.1 Å². The highest BCUT2D eigenvalue weighted by Gasteiger charge is 2.35. The Kier molecular flexibility index (Phi) is 6.33. The van der Waals surface area contributed by atoms with Crippen molar-refractivity contribution in [1.82, 2.24) is 4.90 Å². The molecule has 158 valence electrons. The van der Waals surface area contributed by atoms with Crippen LogP contribution < -0.4 is 0 Å². The lowest BCUT2D eigenvalue weighted by Crippen LogP contribution is -2.41. The van der Waals surface area contributed by atoms with Crippen molar-refractivity contribution >= 4 is 27.4 Å². The molecule has 1 amide bonds. The van der Waals surface area contributed by atoms with E-state index in [1.165, 1.54) is 0 Å². The van der Waals surface area contributed by atoms with Crippen LogP contribution in [0.25, 0.3) is 11.6 Å². The minimum atomic E-state index is -3.13. The highest BCUT2D eigenvalue weighted by Crippen LogP contribution is 2.27. The van der Waals surface area contributed by atoms with Crippen molar-refractivity contribution in [2.24, 2.45) is 0 Å². The van der Waals surface area contributed by atoms with E-state index in [9.17, 15) is 13.2 Å². The van der Waals surface area contributed by atoms with Crippen molar-refractivity contribution in [3.63, 3.8) is 0 Å². The third kappa shape index (κ3) is 5.30. The molecule has 0 aromatic heterocycles.